The molecule has 1 aromatic heterocycles. The van der Waals surface area contributed by atoms with Crippen molar-refractivity contribution in [2.75, 3.05) is 66.2 Å². The fourth-order valence-electron chi connectivity index (χ4n) is 5.19. The lowest BCUT2D eigenvalue weighted by Crippen LogP contribution is -2.52. The Labute approximate surface area is 246 Å². The van der Waals surface area contributed by atoms with E-state index in [-0.39, 0.29) is 42.8 Å². The molecular formula is C30H41N5O7. The minimum Gasteiger partial charge on any atom is -0.483 e. The van der Waals surface area contributed by atoms with Gasteiger partial charge in [-0.1, -0.05) is 19.4 Å². The topological polar surface area (TPSA) is 131 Å². The Kier molecular flexibility index (Phi) is 10.9. The lowest BCUT2D eigenvalue weighted by atomic mass is 10.1. The molecule has 228 valence electrons. The van der Waals surface area contributed by atoms with Gasteiger partial charge in [-0.15, -0.1) is 0 Å². The number of aryl methyl sites for hydroxylation is 1. The smallest absolute Gasteiger partial charge is 0.409 e. The number of amides is 4. The highest BCUT2D eigenvalue weighted by Crippen LogP contribution is 2.27. The van der Waals surface area contributed by atoms with Crippen molar-refractivity contribution in [1.29, 1.82) is 0 Å². The molecule has 0 spiro atoms. The van der Waals surface area contributed by atoms with E-state index < -0.39 is 5.91 Å². The van der Waals surface area contributed by atoms with Crippen molar-refractivity contribution in [3.63, 3.8) is 0 Å². The zero-order valence-corrected chi connectivity index (χ0v) is 24.7. The quantitative estimate of drug-likeness (QED) is 0.399. The van der Waals surface area contributed by atoms with Gasteiger partial charge >= 0.3 is 6.09 Å². The average molecular weight is 584 g/mol. The molecule has 12 nitrogen and oxygen atoms in total. The van der Waals surface area contributed by atoms with E-state index in [1.54, 1.807) is 21.8 Å². The Morgan fingerprint density at radius 3 is 2.52 bits per heavy atom. The minimum absolute atomic E-state index is 0.0319. The molecule has 0 unspecified atom stereocenters. The van der Waals surface area contributed by atoms with E-state index in [4.69, 9.17) is 14.2 Å². The molecule has 2 aliphatic heterocycles. The molecule has 2 saturated heterocycles. The molecule has 0 saturated carbocycles. The number of pyridine rings is 1. The Hall–Kier alpha value is -3.93. The van der Waals surface area contributed by atoms with Crippen molar-refractivity contribution < 1.29 is 33.4 Å². The third kappa shape index (κ3) is 7.87. The normalized spacial score (nSPS) is 16.9. The molecule has 4 amide bonds. The van der Waals surface area contributed by atoms with Gasteiger partial charge in [0.15, 0.2) is 6.61 Å². The maximum atomic E-state index is 13.1. The number of methoxy groups -OCH3 is 1. The molecule has 3 heterocycles. The second-order valence-electron chi connectivity index (χ2n) is 10.7. The number of hydrogen-bond donors (Lipinski definition) is 1. The van der Waals surface area contributed by atoms with Gasteiger partial charge in [-0.25, -0.2) is 9.78 Å². The first kappa shape index (κ1) is 31.0. The van der Waals surface area contributed by atoms with Crippen molar-refractivity contribution in [3.05, 3.63) is 35.5 Å². The van der Waals surface area contributed by atoms with Crippen LogP contribution in [-0.2, 0) is 19.1 Å². The first-order valence-electron chi connectivity index (χ1n) is 14.6. The van der Waals surface area contributed by atoms with Crippen molar-refractivity contribution in [2.24, 2.45) is 0 Å². The zero-order valence-electron chi connectivity index (χ0n) is 24.7. The number of rotatable bonds is 11. The summed E-state index contributed by atoms with van der Waals surface area (Å²) in [6, 6.07) is 7.14. The molecule has 4 rings (SSSR count). The summed E-state index contributed by atoms with van der Waals surface area (Å²) in [5, 5.41) is 3.34. The monoisotopic (exact) mass is 583 g/mol. The number of fused-ring (bicyclic) bond motifs is 1. The molecule has 2 aromatic rings. The number of aromatic nitrogens is 1. The van der Waals surface area contributed by atoms with E-state index >= 15 is 0 Å². The van der Waals surface area contributed by atoms with Gasteiger partial charge in [-0.3, -0.25) is 14.4 Å². The van der Waals surface area contributed by atoms with Gasteiger partial charge < -0.3 is 34.2 Å². The van der Waals surface area contributed by atoms with Crippen LogP contribution in [0.2, 0.25) is 0 Å². The summed E-state index contributed by atoms with van der Waals surface area (Å²) in [5.74, 6) is -0.551. The Morgan fingerprint density at radius 2 is 1.79 bits per heavy atom. The summed E-state index contributed by atoms with van der Waals surface area (Å²) >= 11 is 0. The number of benzene rings is 1. The van der Waals surface area contributed by atoms with Crippen molar-refractivity contribution >= 4 is 34.7 Å². The van der Waals surface area contributed by atoms with E-state index in [0.29, 0.717) is 62.6 Å². The first-order chi connectivity index (χ1) is 20.3. The van der Waals surface area contributed by atoms with Gasteiger partial charge in [0, 0.05) is 51.3 Å². The molecule has 12 heteroatoms. The van der Waals surface area contributed by atoms with Crippen LogP contribution in [0.5, 0.6) is 5.75 Å². The maximum Gasteiger partial charge on any atom is 0.409 e. The van der Waals surface area contributed by atoms with Crippen LogP contribution in [0.4, 0.5) is 4.79 Å². The summed E-state index contributed by atoms with van der Waals surface area (Å²) in [7, 11) is 1.62. The van der Waals surface area contributed by atoms with Crippen LogP contribution in [0, 0.1) is 6.92 Å². The minimum atomic E-state index is -0.527. The molecular weight excluding hydrogens is 542 g/mol. The van der Waals surface area contributed by atoms with E-state index in [2.05, 4.69) is 10.3 Å². The fourth-order valence-corrected chi connectivity index (χ4v) is 5.19. The zero-order chi connectivity index (χ0) is 30.1. The Balaban J connectivity index is 1.35. The van der Waals surface area contributed by atoms with Crippen molar-refractivity contribution in [1.82, 2.24) is 25.0 Å². The van der Waals surface area contributed by atoms with Crippen LogP contribution >= 0.6 is 0 Å². The van der Waals surface area contributed by atoms with Gasteiger partial charge in [0.2, 0.25) is 5.91 Å². The molecule has 0 aliphatic carbocycles. The van der Waals surface area contributed by atoms with Gasteiger partial charge in [0.1, 0.15) is 11.4 Å². The number of piperazine rings is 1. The predicted octanol–water partition coefficient (Wildman–Crippen LogP) is 2.37. The van der Waals surface area contributed by atoms with Crippen LogP contribution < -0.4 is 10.1 Å². The molecule has 0 radical (unpaired) electrons. The fraction of sp³-hybridized carbons (Fsp3) is 0.567. The summed E-state index contributed by atoms with van der Waals surface area (Å²) < 4.78 is 16.5. The molecule has 2 fully saturated rings. The highest BCUT2D eigenvalue weighted by molar-refractivity contribution is 5.98. The van der Waals surface area contributed by atoms with Gasteiger partial charge in [-0.05, 0) is 43.9 Å². The van der Waals surface area contributed by atoms with Crippen LogP contribution in [0.25, 0.3) is 10.9 Å². The maximum absolute atomic E-state index is 13.1. The highest BCUT2D eigenvalue weighted by Gasteiger charge is 2.29. The van der Waals surface area contributed by atoms with E-state index in [1.165, 1.54) is 6.07 Å². The summed E-state index contributed by atoms with van der Waals surface area (Å²) in [5.41, 5.74) is 1.59. The second-order valence-corrected chi connectivity index (χ2v) is 10.7. The number of carbonyl (C=O) groups excluding carboxylic acids is 4. The molecule has 1 atom stereocenters. The standard InChI is InChI=1S/C30H41N5O7/c1-4-5-15-41-30(39)34-13-11-33(12-14-34)27(36)18-31-29(38)25-17-26(23-9-8-21(2)16-24(23)32-25)42-20-28(37)35-10-6-7-22(35)19-40-3/h8-9,16-17,22H,4-7,10-15,18-20H2,1-3H3,(H,31,38)/t22-/m0/s1. The average Bonchev–Trinajstić information content (AvgIpc) is 3.46. The Morgan fingerprint density at radius 1 is 1.02 bits per heavy atom. The van der Waals surface area contributed by atoms with E-state index in [1.807, 2.05) is 32.0 Å². The summed E-state index contributed by atoms with van der Waals surface area (Å²) in [6.07, 6.45) is 3.20. The van der Waals surface area contributed by atoms with Gasteiger partial charge in [0.25, 0.3) is 11.8 Å². The molecule has 2 aliphatic rings. The lowest BCUT2D eigenvalue weighted by molar-refractivity contribution is -0.135. The molecule has 42 heavy (non-hydrogen) atoms. The van der Waals surface area contributed by atoms with Crippen molar-refractivity contribution in [3.8, 4) is 5.75 Å². The van der Waals surface area contributed by atoms with E-state index in [0.717, 1.165) is 31.2 Å². The predicted molar refractivity (Wildman–Crippen MR) is 155 cm³/mol. The van der Waals surface area contributed by atoms with Crippen LogP contribution in [0.15, 0.2) is 24.3 Å². The first-order valence-corrected chi connectivity index (χ1v) is 14.6. The number of hydrogen-bond acceptors (Lipinski definition) is 8. The van der Waals surface area contributed by atoms with Crippen LogP contribution in [-0.4, -0.2) is 116 Å². The van der Waals surface area contributed by atoms with Crippen LogP contribution in [0.3, 0.4) is 0 Å². The third-order valence-corrected chi connectivity index (χ3v) is 7.58. The Bertz CT molecular complexity index is 1280. The number of likely N-dealkylation sites (tertiary alicyclic amines) is 1. The molecule has 1 N–H and O–H groups in total. The number of ether oxygens (including phenoxy) is 3. The largest absolute Gasteiger partial charge is 0.483 e. The highest BCUT2D eigenvalue weighted by atomic mass is 16.6. The number of carbonyl (C=O) groups is 4. The summed E-state index contributed by atoms with van der Waals surface area (Å²) in [4.78, 5) is 60.5. The van der Waals surface area contributed by atoms with Crippen molar-refractivity contribution in [2.45, 2.75) is 45.6 Å². The number of nitrogens with one attached hydrogen (secondary N) is 1. The molecule has 1 aromatic carbocycles. The van der Waals surface area contributed by atoms with E-state index in [9.17, 15) is 19.2 Å². The molecule has 0 bridgehead atoms. The SMILES string of the molecule is CCCCOC(=O)N1CCN(C(=O)CNC(=O)c2cc(OCC(=O)N3CCC[C@H]3COC)c3ccc(C)cc3n2)CC1. The second kappa shape index (κ2) is 14.8. The number of unbranched alkanes of at least 4 members (excludes halogenated alkanes) is 1. The number of nitrogens with zero attached hydrogens (tertiary/aromatic N) is 4. The third-order valence-electron chi connectivity index (χ3n) is 7.58. The summed E-state index contributed by atoms with van der Waals surface area (Å²) in [6.45, 7) is 6.56. The lowest BCUT2D eigenvalue weighted by Gasteiger charge is -2.34. The van der Waals surface area contributed by atoms with Crippen LogP contribution in [0.1, 0.15) is 48.7 Å². The van der Waals surface area contributed by atoms with Gasteiger partial charge in [0.05, 0.1) is 31.3 Å². The van der Waals surface area contributed by atoms with Gasteiger partial charge in [-0.2, -0.15) is 0 Å².